The molecule has 0 heterocycles. The zero-order chi connectivity index (χ0) is 19.8. The Morgan fingerprint density at radius 2 is 1.78 bits per heavy atom. The van der Waals surface area contributed by atoms with Crippen LogP contribution >= 0.6 is 0 Å². The number of nitrogens with zero attached hydrogens (tertiary/aromatic N) is 1. The van der Waals surface area contributed by atoms with Gasteiger partial charge in [-0.2, -0.15) is 5.26 Å². The molecule has 0 fully saturated rings. The average molecular weight is 365 g/mol. The van der Waals surface area contributed by atoms with E-state index in [0.717, 1.165) is 12.8 Å². The number of hydrogen-bond donors (Lipinski definition) is 2. The molecule has 4 heteroatoms. The summed E-state index contributed by atoms with van der Waals surface area (Å²) in [6.07, 6.45) is 2.23. The fourth-order valence-corrected chi connectivity index (χ4v) is 3.25. The van der Waals surface area contributed by atoms with Crippen LogP contribution in [-0.4, -0.2) is 11.9 Å². The molecule has 2 aromatic carbocycles. The van der Waals surface area contributed by atoms with E-state index in [9.17, 15) is 10.1 Å². The molecule has 0 radical (unpaired) electrons. The van der Waals surface area contributed by atoms with Crippen molar-refractivity contribution in [2.45, 2.75) is 52.6 Å². The summed E-state index contributed by atoms with van der Waals surface area (Å²) in [7, 11) is 0. The SMILES string of the molecule is CCCc1ccc([C@@H]([NH2+][C@H](C)C(=O)Nc2ccccc2C#N)C(C)C)cc1. The molecule has 0 bridgehead atoms. The summed E-state index contributed by atoms with van der Waals surface area (Å²) in [4.78, 5) is 12.7. The summed E-state index contributed by atoms with van der Waals surface area (Å²) in [5.74, 6) is 0.301. The van der Waals surface area contributed by atoms with Crippen LogP contribution < -0.4 is 10.6 Å². The fourth-order valence-electron chi connectivity index (χ4n) is 3.25. The lowest BCUT2D eigenvalue weighted by Crippen LogP contribution is -2.93. The van der Waals surface area contributed by atoms with E-state index in [2.05, 4.69) is 61.7 Å². The summed E-state index contributed by atoms with van der Waals surface area (Å²) < 4.78 is 0. The fraction of sp³-hybridized carbons (Fsp3) is 0.391. The van der Waals surface area contributed by atoms with Crippen LogP contribution in [0.5, 0.6) is 0 Å². The van der Waals surface area contributed by atoms with Gasteiger partial charge in [-0.1, -0.05) is 63.6 Å². The molecule has 1 amide bonds. The second-order valence-corrected chi connectivity index (χ2v) is 7.39. The molecule has 0 spiro atoms. The second-order valence-electron chi connectivity index (χ2n) is 7.39. The van der Waals surface area contributed by atoms with Crippen LogP contribution in [0.15, 0.2) is 48.5 Å². The van der Waals surface area contributed by atoms with E-state index in [4.69, 9.17) is 0 Å². The maximum atomic E-state index is 12.7. The molecule has 2 aromatic rings. The molecule has 0 saturated carbocycles. The number of amides is 1. The number of carbonyl (C=O) groups is 1. The first-order valence-corrected chi connectivity index (χ1v) is 9.70. The van der Waals surface area contributed by atoms with Crippen LogP contribution in [0.3, 0.4) is 0 Å². The highest BCUT2D eigenvalue weighted by molar-refractivity contribution is 5.94. The standard InChI is InChI=1S/C23H29N3O/c1-5-8-18-11-13-19(14-12-18)22(16(2)3)25-17(4)23(27)26-21-10-7-6-9-20(21)15-24/h6-7,9-14,16-17,22,25H,5,8H2,1-4H3,(H,26,27)/p+1/t17-,22+/m1/s1. The van der Waals surface area contributed by atoms with Crippen LogP contribution in [0.2, 0.25) is 0 Å². The third-order valence-electron chi connectivity index (χ3n) is 4.84. The zero-order valence-corrected chi connectivity index (χ0v) is 16.7. The first-order valence-electron chi connectivity index (χ1n) is 9.70. The average Bonchev–Trinajstić information content (AvgIpc) is 2.67. The van der Waals surface area contributed by atoms with Gasteiger partial charge in [-0.25, -0.2) is 0 Å². The highest BCUT2D eigenvalue weighted by Gasteiger charge is 2.26. The minimum Gasteiger partial charge on any atom is -0.330 e. The Labute approximate surface area is 162 Å². The Bertz CT molecular complexity index is 790. The minimum atomic E-state index is -0.264. The molecule has 0 saturated heterocycles. The number of carbonyl (C=O) groups excluding carboxylic acids is 1. The van der Waals surface area contributed by atoms with Gasteiger partial charge < -0.3 is 10.6 Å². The van der Waals surface area contributed by atoms with Crippen molar-refractivity contribution in [2.24, 2.45) is 5.92 Å². The van der Waals surface area contributed by atoms with Crippen molar-refractivity contribution in [3.63, 3.8) is 0 Å². The number of hydrogen-bond acceptors (Lipinski definition) is 2. The topological polar surface area (TPSA) is 69.5 Å². The number of rotatable bonds is 8. The molecule has 2 atom stereocenters. The van der Waals surface area contributed by atoms with Crippen molar-refractivity contribution < 1.29 is 10.1 Å². The Balaban J connectivity index is 2.08. The van der Waals surface area contributed by atoms with Gasteiger partial charge in [-0.05, 0) is 31.0 Å². The van der Waals surface area contributed by atoms with Crippen LogP contribution in [0.4, 0.5) is 5.69 Å². The number of benzene rings is 2. The predicted octanol–water partition coefficient (Wildman–Crippen LogP) is 3.80. The van der Waals surface area contributed by atoms with Crippen molar-refractivity contribution >= 4 is 11.6 Å². The first-order chi connectivity index (χ1) is 13.0. The molecule has 142 valence electrons. The van der Waals surface area contributed by atoms with E-state index < -0.39 is 0 Å². The van der Waals surface area contributed by atoms with Gasteiger partial charge in [0.1, 0.15) is 12.1 Å². The molecule has 0 aliphatic carbocycles. The summed E-state index contributed by atoms with van der Waals surface area (Å²) >= 11 is 0. The van der Waals surface area contributed by atoms with Gasteiger partial charge in [0.15, 0.2) is 6.04 Å². The van der Waals surface area contributed by atoms with Crippen molar-refractivity contribution in [1.82, 2.24) is 0 Å². The van der Waals surface area contributed by atoms with Crippen LogP contribution in [0.1, 0.15) is 56.8 Å². The van der Waals surface area contributed by atoms with Gasteiger partial charge in [-0.15, -0.1) is 0 Å². The molecule has 0 aliphatic heterocycles. The molecule has 27 heavy (non-hydrogen) atoms. The van der Waals surface area contributed by atoms with Crippen molar-refractivity contribution in [3.05, 3.63) is 65.2 Å². The summed E-state index contributed by atoms with van der Waals surface area (Å²) in [5.41, 5.74) is 3.63. The maximum Gasteiger partial charge on any atom is 0.282 e. The third kappa shape index (κ3) is 5.67. The Morgan fingerprint density at radius 1 is 1.11 bits per heavy atom. The third-order valence-corrected chi connectivity index (χ3v) is 4.84. The van der Waals surface area contributed by atoms with Gasteiger partial charge in [0.2, 0.25) is 0 Å². The number of anilines is 1. The van der Waals surface area contributed by atoms with Crippen molar-refractivity contribution in [2.75, 3.05) is 5.32 Å². The lowest BCUT2D eigenvalue weighted by Gasteiger charge is -2.23. The number of nitriles is 1. The summed E-state index contributed by atoms with van der Waals surface area (Å²) in [6.45, 7) is 8.45. The van der Waals surface area contributed by atoms with Gasteiger partial charge >= 0.3 is 0 Å². The molecular formula is C23H30N3O+. The number of nitrogens with two attached hydrogens (primary N) is 1. The van der Waals surface area contributed by atoms with Gasteiger partial charge in [0.25, 0.3) is 5.91 Å². The summed E-state index contributed by atoms with van der Waals surface area (Å²) in [5, 5.41) is 14.2. The smallest absolute Gasteiger partial charge is 0.282 e. The van der Waals surface area contributed by atoms with E-state index in [1.165, 1.54) is 11.1 Å². The second kappa shape index (κ2) is 9.89. The summed E-state index contributed by atoms with van der Waals surface area (Å²) in [6, 6.07) is 17.9. The Hall–Kier alpha value is -2.64. The molecule has 0 aromatic heterocycles. The highest BCUT2D eigenvalue weighted by Crippen LogP contribution is 2.19. The van der Waals surface area contributed by atoms with E-state index in [0.29, 0.717) is 17.2 Å². The van der Waals surface area contributed by atoms with Gasteiger partial charge in [-0.3, -0.25) is 4.79 Å². The number of nitrogens with one attached hydrogen (secondary N) is 1. The molecule has 0 unspecified atom stereocenters. The van der Waals surface area contributed by atoms with Crippen LogP contribution in [-0.2, 0) is 11.2 Å². The van der Waals surface area contributed by atoms with Gasteiger partial charge in [0.05, 0.1) is 11.3 Å². The van der Waals surface area contributed by atoms with Crippen LogP contribution in [0.25, 0.3) is 0 Å². The van der Waals surface area contributed by atoms with E-state index in [1.54, 1.807) is 18.2 Å². The maximum absolute atomic E-state index is 12.7. The van der Waals surface area contributed by atoms with E-state index >= 15 is 0 Å². The monoisotopic (exact) mass is 364 g/mol. The number of quaternary nitrogens is 1. The number of para-hydroxylation sites is 1. The predicted molar refractivity (Wildman–Crippen MR) is 109 cm³/mol. The molecule has 3 N–H and O–H groups in total. The largest absolute Gasteiger partial charge is 0.330 e. The van der Waals surface area contributed by atoms with E-state index in [-0.39, 0.29) is 18.0 Å². The molecular weight excluding hydrogens is 334 g/mol. The molecule has 4 nitrogen and oxygen atoms in total. The van der Waals surface area contributed by atoms with Gasteiger partial charge in [0, 0.05) is 11.5 Å². The first kappa shape index (κ1) is 20.7. The van der Waals surface area contributed by atoms with Crippen molar-refractivity contribution in [3.8, 4) is 6.07 Å². The van der Waals surface area contributed by atoms with Crippen molar-refractivity contribution in [1.29, 1.82) is 5.26 Å². The minimum absolute atomic E-state index is 0.0917. The zero-order valence-electron chi connectivity index (χ0n) is 16.7. The van der Waals surface area contributed by atoms with Crippen LogP contribution in [0, 0.1) is 17.2 Å². The van der Waals surface area contributed by atoms with E-state index in [1.807, 2.05) is 13.0 Å². The normalized spacial score (nSPS) is 13.0. The quantitative estimate of drug-likeness (QED) is 0.748. The highest BCUT2D eigenvalue weighted by atomic mass is 16.2. The Kier molecular flexibility index (Phi) is 7.57. The lowest BCUT2D eigenvalue weighted by molar-refractivity contribution is -0.718. The molecule has 2 rings (SSSR count). The Morgan fingerprint density at radius 3 is 2.37 bits per heavy atom. The molecule has 0 aliphatic rings. The number of aryl methyl sites for hydroxylation is 1. The lowest BCUT2D eigenvalue weighted by atomic mass is 9.94.